The summed E-state index contributed by atoms with van der Waals surface area (Å²) in [4.78, 5) is 37.0. The fourth-order valence-corrected chi connectivity index (χ4v) is 2.93. The van der Waals surface area contributed by atoms with Gasteiger partial charge in [-0.3, -0.25) is 19.6 Å². The lowest BCUT2D eigenvalue weighted by Crippen LogP contribution is -2.58. The molecule has 5 N–H and O–H groups in total. The van der Waals surface area contributed by atoms with Crippen LogP contribution < -0.4 is 21.5 Å². The Morgan fingerprint density at radius 1 is 1.00 bits per heavy atom. The molecule has 186 valence electrons. The lowest BCUT2D eigenvalue weighted by atomic mass is 10.0. The van der Waals surface area contributed by atoms with Gasteiger partial charge in [0.25, 0.3) is 10.1 Å². The van der Waals surface area contributed by atoms with Crippen molar-refractivity contribution in [3.05, 3.63) is 11.5 Å². The maximum absolute atomic E-state index is 12.6. The van der Waals surface area contributed by atoms with Crippen LogP contribution in [0.5, 0.6) is 0 Å². The van der Waals surface area contributed by atoms with E-state index in [1.807, 2.05) is 13.8 Å². The predicted molar refractivity (Wildman–Crippen MR) is 121 cm³/mol. The molecular weight excluding hydrogens is 440 g/mol. The SMILES string of the molecule is CC(C)C[C@@H](/C=C/S(=O)(=O)O)NC(=O)[C@H](C)NC(=O)[C@@H](NNC(=O)OC(C)(C)C)C(C)C. The number of amides is 3. The van der Waals surface area contributed by atoms with E-state index in [0.29, 0.717) is 11.8 Å². The molecule has 11 nitrogen and oxygen atoms in total. The number of carbonyl (C=O) groups is 3. The van der Waals surface area contributed by atoms with Gasteiger partial charge in [0.05, 0.1) is 5.41 Å². The Morgan fingerprint density at radius 3 is 2.00 bits per heavy atom. The Hall–Kier alpha value is -2.18. The highest BCUT2D eigenvalue weighted by Crippen LogP contribution is 2.08. The minimum absolute atomic E-state index is 0.129. The average Bonchev–Trinajstić information content (AvgIpc) is 2.56. The number of hydrogen-bond acceptors (Lipinski definition) is 7. The van der Waals surface area contributed by atoms with Crippen LogP contribution in [0.2, 0.25) is 0 Å². The smallest absolute Gasteiger partial charge is 0.422 e. The highest BCUT2D eigenvalue weighted by atomic mass is 32.2. The predicted octanol–water partition coefficient (Wildman–Crippen LogP) is 1.48. The average molecular weight is 479 g/mol. The molecule has 0 rings (SSSR count). The maximum atomic E-state index is 12.6. The fourth-order valence-electron chi connectivity index (χ4n) is 2.54. The highest BCUT2D eigenvalue weighted by Gasteiger charge is 2.27. The van der Waals surface area contributed by atoms with Crippen molar-refractivity contribution in [1.29, 1.82) is 0 Å². The molecule has 0 bridgehead atoms. The minimum Gasteiger partial charge on any atom is -0.443 e. The molecule has 0 aromatic rings. The van der Waals surface area contributed by atoms with Gasteiger partial charge in [-0.2, -0.15) is 8.42 Å². The molecule has 0 aromatic carbocycles. The first-order valence-electron chi connectivity index (χ1n) is 10.4. The lowest BCUT2D eigenvalue weighted by molar-refractivity contribution is -0.130. The van der Waals surface area contributed by atoms with Gasteiger partial charge >= 0.3 is 6.09 Å². The third-order valence-corrected chi connectivity index (χ3v) is 4.47. The van der Waals surface area contributed by atoms with E-state index in [2.05, 4.69) is 21.5 Å². The van der Waals surface area contributed by atoms with Gasteiger partial charge in [0, 0.05) is 6.04 Å². The summed E-state index contributed by atoms with van der Waals surface area (Å²) in [5.74, 6) is -1.16. The molecule has 0 aliphatic rings. The molecule has 0 spiro atoms. The molecule has 0 fully saturated rings. The van der Waals surface area contributed by atoms with Gasteiger partial charge in [0.1, 0.15) is 17.7 Å². The largest absolute Gasteiger partial charge is 0.443 e. The Morgan fingerprint density at radius 2 is 1.56 bits per heavy atom. The van der Waals surface area contributed by atoms with Crippen LogP contribution in [-0.2, 0) is 24.4 Å². The summed E-state index contributed by atoms with van der Waals surface area (Å²) in [6, 6.07) is -2.44. The number of hydrogen-bond donors (Lipinski definition) is 5. The summed E-state index contributed by atoms with van der Waals surface area (Å²) in [5, 5.41) is 5.83. The van der Waals surface area contributed by atoms with Crippen molar-refractivity contribution < 1.29 is 32.1 Å². The third-order valence-electron chi connectivity index (χ3n) is 3.97. The van der Waals surface area contributed by atoms with Crippen LogP contribution in [0.15, 0.2) is 11.5 Å². The summed E-state index contributed by atoms with van der Waals surface area (Å²) in [5.41, 5.74) is 4.24. The summed E-state index contributed by atoms with van der Waals surface area (Å²) in [6.07, 6.45) is 0.864. The van der Waals surface area contributed by atoms with Gasteiger partial charge in [-0.25, -0.2) is 10.2 Å². The quantitative estimate of drug-likeness (QED) is 0.220. The van der Waals surface area contributed by atoms with E-state index in [1.54, 1.807) is 34.6 Å². The molecule has 32 heavy (non-hydrogen) atoms. The lowest BCUT2D eigenvalue weighted by Gasteiger charge is -2.26. The van der Waals surface area contributed by atoms with Gasteiger partial charge in [-0.1, -0.05) is 27.7 Å². The Labute approximate surface area is 190 Å². The second kappa shape index (κ2) is 12.8. The zero-order chi connectivity index (χ0) is 25.3. The normalized spacial score (nSPS) is 15.3. The number of hydrazine groups is 1. The molecule has 0 saturated heterocycles. The second-order valence-electron chi connectivity index (χ2n) is 9.31. The molecule has 12 heteroatoms. The van der Waals surface area contributed by atoms with Crippen LogP contribution >= 0.6 is 0 Å². The van der Waals surface area contributed by atoms with Crippen LogP contribution in [0.1, 0.15) is 61.8 Å². The highest BCUT2D eigenvalue weighted by molar-refractivity contribution is 7.88. The molecule has 3 atom stereocenters. The van der Waals surface area contributed by atoms with Crippen molar-refractivity contribution >= 4 is 28.0 Å². The molecule has 0 aliphatic heterocycles. The van der Waals surface area contributed by atoms with Crippen LogP contribution in [0, 0.1) is 11.8 Å². The molecule has 0 aliphatic carbocycles. The van der Waals surface area contributed by atoms with Crippen molar-refractivity contribution in [3.63, 3.8) is 0 Å². The summed E-state index contributed by atoms with van der Waals surface area (Å²) >= 11 is 0. The third kappa shape index (κ3) is 14.0. The molecule has 3 amide bonds. The van der Waals surface area contributed by atoms with E-state index in [4.69, 9.17) is 9.29 Å². The van der Waals surface area contributed by atoms with Gasteiger partial charge in [-0.05, 0) is 52.0 Å². The molecule has 0 saturated carbocycles. The fraction of sp³-hybridized carbons (Fsp3) is 0.750. The standard InChI is InChI=1S/C20H38N4O7S/c1-12(2)11-15(9-10-32(28,29)30)22-17(25)14(5)21-18(26)16(13(3)4)23-24-19(27)31-20(6,7)8/h9-10,12-16,23H,11H2,1-8H3,(H,21,26)(H,22,25)(H,24,27)(H,28,29,30)/b10-9+/t14-,15+,16-/m0/s1. The summed E-state index contributed by atoms with van der Waals surface area (Å²) in [6.45, 7) is 13.9. The summed E-state index contributed by atoms with van der Waals surface area (Å²) in [7, 11) is -4.33. The van der Waals surface area contributed by atoms with E-state index in [1.165, 1.54) is 13.0 Å². The van der Waals surface area contributed by atoms with E-state index in [9.17, 15) is 22.8 Å². The van der Waals surface area contributed by atoms with Gasteiger partial charge < -0.3 is 15.4 Å². The molecular formula is C20H38N4O7S. The second-order valence-corrected chi connectivity index (χ2v) is 10.6. The maximum Gasteiger partial charge on any atom is 0.422 e. The van der Waals surface area contributed by atoms with E-state index in [-0.39, 0.29) is 11.8 Å². The van der Waals surface area contributed by atoms with Crippen molar-refractivity contribution in [2.75, 3.05) is 0 Å². The minimum atomic E-state index is -4.33. The first kappa shape index (κ1) is 29.8. The van der Waals surface area contributed by atoms with E-state index < -0.39 is 51.8 Å². The van der Waals surface area contributed by atoms with E-state index >= 15 is 0 Å². The topological polar surface area (TPSA) is 163 Å². The monoisotopic (exact) mass is 478 g/mol. The molecule has 0 aromatic heterocycles. The Bertz CT molecular complexity index is 773. The Kier molecular flexibility index (Phi) is 11.9. The number of rotatable bonds is 11. The van der Waals surface area contributed by atoms with Crippen molar-refractivity contribution in [2.24, 2.45) is 11.8 Å². The van der Waals surface area contributed by atoms with Crippen LogP contribution in [-0.4, -0.2) is 54.6 Å². The van der Waals surface area contributed by atoms with Gasteiger partial charge in [0.15, 0.2) is 0 Å². The Balaban J connectivity index is 5.05. The van der Waals surface area contributed by atoms with Crippen molar-refractivity contribution in [2.45, 2.75) is 85.5 Å². The van der Waals surface area contributed by atoms with Crippen molar-refractivity contribution in [3.8, 4) is 0 Å². The van der Waals surface area contributed by atoms with Crippen LogP contribution in [0.3, 0.4) is 0 Å². The number of ether oxygens (including phenoxy) is 1. The van der Waals surface area contributed by atoms with Gasteiger partial charge in [0.2, 0.25) is 11.8 Å². The zero-order valence-electron chi connectivity index (χ0n) is 20.1. The summed E-state index contributed by atoms with van der Waals surface area (Å²) < 4.78 is 35.9. The van der Waals surface area contributed by atoms with Crippen molar-refractivity contribution in [1.82, 2.24) is 21.5 Å². The van der Waals surface area contributed by atoms with Crippen LogP contribution in [0.4, 0.5) is 4.79 Å². The van der Waals surface area contributed by atoms with Gasteiger partial charge in [-0.15, -0.1) is 0 Å². The van der Waals surface area contributed by atoms with E-state index in [0.717, 1.165) is 0 Å². The number of nitrogens with one attached hydrogen (secondary N) is 4. The first-order valence-corrected chi connectivity index (χ1v) is 11.9. The first-order chi connectivity index (χ1) is 14.4. The molecule has 0 heterocycles. The molecule has 0 radical (unpaired) electrons. The van der Waals surface area contributed by atoms with Crippen LogP contribution in [0.25, 0.3) is 0 Å². The molecule has 0 unspecified atom stereocenters. The number of carbonyl (C=O) groups excluding carboxylic acids is 3. The zero-order valence-corrected chi connectivity index (χ0v) is 20.9.